The summed E-state index contributed by atoms with van der Waals surface area (Å²) in [5.74, 6) is 0.619. The van der Waals surface area contributed by atoms with Gasteiger partial charge in [-0.1, -0.05) is 29.8 Å². The second kappa shape index (κ2) is 7.58. The summed E-state index contributed by atoms with van der Waals surface area (Å²) in [7, 11) is 5.75. The van der Waals surface area contributed by atoms with Gasteiger partial charge in [-0.3, -0.25) is 14.4 Å². The Morgan fingerprint density at radius 2 is 2.00 bits per heavy atom. The first-order valence-electron chi connectivity index (χ1n) is 8.55. The standard InChI is InChI=1S/C20H24N4O2/c1-14-7-9-15(10-8-14)17-12-16(22-24(17)4)20(25)21-13-18(23(2)3)19-6-5-11-26-19/h5-12,18H,13H2,1-4H3,(H,21,25). The number of aromatic nitrogens is 2. The number of nitrogens with zero attached hydrogens (tertiary/aromatic N) is 3. The third-order valence-electron chi connectivity index (χ3n) is 4.41. The zero-order valence-corrected chi connectivity index (χ0v) is 15.6. The van der Waals surface area contributed by atoms with Crippen molar-refractivity contribution >= 4 is 5.91 Å². The summed E-state index contributed by atoms with van der Waals surface area (Å²) >= 11 is 0. The molecule has 1 amide bonds. The van der Waals surface area contributed by atoms with E-state index >= 15 is 0 Å². The lowest BCUT2D eigenvalue weighted by molar-refractivity contribution is 0.0933. The molecule has 2 aromatic heterocycles. The molecule has 0 saturated carbocycles. The van der Waals surface area contributed by atoms with Gasteiger partial charge in [-0.25, -0.2) is 0 Å². The number of hydrogen-bond donors (Lipinski definition) is 1. The van der Waals surface area contributed by atoms with Crippen LogP contribution in [0.15, 0.2) is 53.1 Å². The Balaban J connectivity index is 1.72. The van der Waals surface area contributed by atoms with E-state index < -0.39 is 0 Å². The van der Waals surface area contributed by atoms with Crippen LogP contribution in [-0.4, -0.2) is 41.2 Å². The van der Waals surface area contributed by atoms with Crippen molar-refractivity contribution in [2.24, 2.45) is 7.05 Å². The van der Waals surface area contributed by atoms with Crippen LogP contribution < -0.4 is 5.32 Å². The minimum Gasteiger partial charge on any atom is -0.468 e. The fourth-order valence-electron chi connectivity index (χ4n) is 2.87. The second-order valence-electron chi connectivity index (χ2n) is 6.61. The molecular weight excluding hydrogens is 328 g/mol. The molecule has 1 atom stereocenters. The van der Waals surface area contributed by atoms with Crippen molar-refractivity contribution in [1.29, 1.82) is 0 Å². The van der Waals surface area contributed by atoms with Gasteiger partial charge in [-0.2, -0.15) is 5.10 Å². The molecule has 3 aromatic rings. The summed E-state index contributed by atoms with van der Waals surface area (Å²) < 4.78 is 7.20. The summed E-state index contributed by atoms with van der Waals surface area (Å²) in [4.78, 5) is 14.6. The molecule has 1 aromatic carbocycles. The average Bonchev–Trinajstić information content (AvgIpc) is 3.25. The number of nitrogens with one attached hydrogen (secondary N) is 1. The lowest BCUT2D eigenvalue weighted by Gasteiger charge is -2.22. The highest BCUT2D eigenvalue weighted by molar-refractivity contribution is 5.93. The second-order valence-corrected chi connectivity index (χ2v) is 6.61. The Bertz CT molecular complexity index is 864. The molecule has 6 nitrogen and oxygen atoms in total. The van der Waals surface area contributed by atoms with E-state index in [4.69, 9.17) is 4.42 Å². The average molecular weight is 352 g/mol. The quantitative estimate of drug-likeness (QED) is 0.741. The minimum atomic E-state index is -0.197. The zero-order valence-electron chi connectivity index (χ0n) is 15.6. The van der Waals surface area contributed by atoms with Crippen LogP contribution >= 0.6 is 0 Å². The summed E-state index contributed by atoms with van der Waals surface area (Å²) in [6.07, 6.45) is 1.64. The molecule has 0 spiro atoms. The van der Waals surface area contributed by atoms with Gasteiger partial charge in [0.1, 0.15) is 5.76 Å². The molecule has 1 N–H and O–H groups in total. The Kier molecular flexibility index (Phi) is 5.23. The van der Waals surface area contributed by atoms with E-state index in [0.29, 0.717) is 12.2 Å². The van der Waals surface area contributed by atoms with Crippen LogP contribution in [0.25, 0.3) is 11.3 Å². The Morgan fingerprint density at radius 1 is 1.27 bits per heavy atom. The van der Waals surface area contributed by atoms with E-state index in [1.165, 1.54) is 5.56 Å². The first-order chi connectivity index (χ1) is 12.5. The topological polar surface area (TPSA) is 63.3 Å². The molecule has 1 unspecified atom stereocenters. The number of aryl methyl sites for hydroxylation is 2. The summed E-state index contributed by atoms with van der Waals surface area (Å²) in [5, 5.41) is 7.32. The number of carbonyl (C=O) groups excluding carboxylic acids is 1. The van der Waals surface area contributed by atoms with E-state index in [9.17, 15) is 4.79 Å². The summed E-state index contributed by atoms with van der Waals surface area (Å²) in [6.45, 7) is 2.49. The van der Waals surface area contributed by atoms with E-state index in [1.807, 2.05) is 75.4 Å². The predicted molar refractivity (Wildman–Crippen MR) is 101 cm³/mol. The molecule has 2 heterocycles. The fourth-order valence-corrected chi connectivity index (χ4v) is 2.87. The van der Waals surface area contributed by atoms with E-state index in [2.05, 4.69) is 10.4 Å². The van der Waals surface area contributed by atoms with Crippen molar-refractivity contribution in [3.05, 3.63) is 65.7 Å². The van der Waals surface area contributed by atoms with Crippen LogP contribution in [-0.2, 0) is 7.05 Å². The van der Waals surface area contributed by atoms with Crippen LogP contribution in [0, 0.1) is 6.92 Å². The normalized spacial score (nSPS) is 12.3. The van der Waals surface area contributed by atoms with Gasteiger partial charge in [0.25, 0.3) is 5.91 Å². The Hall–Kier alpha value is -2.86. The number of likely N-dealkylation sites (N-methyl/N-ethyl adjacent to an activating group) is 1. The number of furan rings is 1. The number of benzene rings is 1. The molecule has 0 aliphatic rings. The van der Waals surface area contributed by atoms with Gasteiger partial charge in [0.05, 0.1) is 18.0 Å². The monoisotopic (exact) mass is 352 g/mol. The van der Waals surface area contributed by atoms with Gasteiger partial charge in [0.2, 0.25) is 0 Å². The molecule has 3 rings (SSSR count). The largest absolute Gasteiger partial charge is 0.468 e. The molecule has 26 heavy (non-hydrogen) atoms. The maximum atomic E-state index is 12.6. The van der Waals surface area contributed by atoms with Crippen LogP contribution in [0.2, 0.25) is 0 Å². The van der Waals surface area contributed by atoms with Crippen molar-refractivity contribution in [3.8, 4) is 11.3 Å². The van der Waals surface area contributed by atoms with Crippen LogP contribution in [0.3, 0.4) is 0 Å². The van der Waals surface area contributed by atoms with Crippen LogP contribution in [0.5, 0.6) is 0 Å². The number of hydrogen-bond acceptors (Lipinski definition) is 4. The SMILES string of the molecule is Cc1ccc(-c2cc(C(=O)NCC(c3ccco3)N(C)C)nn2C)cc1. The van der Waals surface area contributed by atoms with Crippen LogP contribution in [0.4, 0.5) is 0 Å². The highest BCUT2D eigenvalue weighted by Gasteiger charge is 2.20. The van der Waals surface area contributed by atoms with E-state index in [1.54, 1.807) is 10.9 Å². The third kappa shape index (κ3) is 3.86. The highest BCUT2D eigenvalue weighted by Crippen LogP contribution is 2.21. The minimum absolute atomic E-state index is 0.0331. The molecule has 0 bridgehead atoms. The van der Waals surface area contributed by atoms with Crippen molar-refractivity contribution in [2.45, 2.75) is 13.0 Å². The maximum absolute atomic E-state index is 12.6. The molecular formula is C20H24N4O2. The van der Waals surface area contributed by atoms with Crippen LogP contribution in [0.1, 0.15) is 27.9 Å². The van der Waals surface area contributed by atoms with Crippen molar-refractivity contribution < 1.29 is 9.21 Å². The molecule has 6 heteroatoms. The first kappa shape index (κ1) is 17.9. The number of amides is 1. The van der Waals surface area contributed by atoms with E-state index in [0.717, 1.165) is 17.0 Å². The molecule has 0 aliphatic heterocycles. The third-order valence-corrected chi connectivity index (χ3v) is 4.41. The number of carbonyl (C=O) groups is 1. The Labute approximate surface area is 153 Å². The summed E-state index contributed by atoms with van der Waals surface area (Å²) in [5.41, 5.74) is 3.54. The lowest BCUT2D eigenvalue weighted by Crippen LogP contribution is -2.34. The van der Waals surface area contributed by atoms with Gasteiger partial charge < -0.3 is 9.73 Å². The fraction of sp³-hybridized carbons (Fsp3) is 0.300. The van der Waals surface area contributed by atoms with E-state index in [-0.39, 0.29) is 11.9 Å². The molecule has 0 fully saturated rings. The molecule has 136 valence electrons. The zero-order chi connectivity index (χ0) is 18.7. The van der Waals surface area contributed by atoms with Crippen molar-refractivity contribution in [1.82, 2.24) is 20.0 Å². The van der Waals surface area contributed by atoms with Gasteiger partial charge in [0.15, 0.2) is 5.69 Å². The molecule has 0 saturated heterocycles. The number of rotatable bonds is 6. The summed E-state index contributed by atoms with van der Waals surface area (Å²) in [6, 6.07) is 13.7. The van der Waals surface area contributed by atoms with Crippen molar-refractivity contribution in [3.63, 3.8) is 0 Å². The lowest BCUT2D eigenvalue weighted by atomic mass is 10.1. The predicted octanol–water partition coefficient (Wildman–Crippen LogP) is 3.02. The smallest absolute Gasteiger partial charge is 0.271 e. The van der Waals surface area contributed by atoms with Gasteiger partial charge in [0, 0.05) is 13.6 Å². The van der Waals surface area contributed by atoms with Gasteiger partial charge in [-0.05, 0) is 44.8 Å². The molecule has 0 aliphatic carbocycles. The van der Waals surface area contributed by atoms with Crippen molar-refractivity contribution in [2.75, 3.05) is 20.6 Å². The molecule has 0 radical (unpaired) electrons. The van der Waals surface area contributed by atoms with Gasteiger partial charge in [-0.15, -0.1) is 0 Å². The Morgan fingerprint density at radius 3 is 2.62 bits per heavy atom. The van der Waals surface area contributed by atoms with Gasteiger partial charge >= 0.3 is 0 Å². The maximum Gasteiger partial charge on any atom is 0.271 e. The highest BCUT2D eigenvalue weighted by atomic mass is 16.3. The first-order valence-corrected chi connectivity index (χ1v) is 8.55.